The summed E-state index contributed by atoms with van der Waals surface area (Å²) >= 11 is 1.63. The summed E-state index contributed by atoms with van der Waals surface area (Å²) in [4.78, 5) is 11.8. The summed E-state index contributed by atoms with van der Waals surface area (Å²) in [5.41, 5.74) is 1.01. The highest BCUT2D eigenvalue weighted by atomic mass is 32.2. The molecular weight excluding hydrogens is 220 g/mol. The van der Waals surface area contributed by atoms with E-state index in [4.69, 9.17) is 4.74 Å². The van der Waals surface area contributed by atoms with E-state index >= 15 is 0 Å². The minimum Gasteiger partial charge on any atom is -0.465 e. The molecule has 1 atom stereocenters. The van der Waals surface area contributed by atoms with Gasteiger partial charge >= 0.3 is 5.97 Å². The summed E-state index contributed by atoms with van der Waals surface area (Å²) in [6.45, 7) is 6.43. The number of carbonyl (C=O) groups is 1. The van der Waals surface area contributed by atoms with Crippen molar-refractivity contribution in [2.75, 3.05) is 6.61 Å². The van der Waals surface area contributed by atoms with Crippen LogP contribution in [0.4, 0.5) is 0 Å². The van der Waals surface area contributed by atoms with Crippen molar-refractivity contribution < 1.29 is 9.53 Å². The zero-order chi connectivity index (χ0) is 12.0. The summed E-state index contributed by atoms with van der Waals surface area (Å²) in [6.07, 6.45) is 0. The highest BCUT2D eigenvalue weighted by Gasteiger charge is 2.23. The van der Waals surface area contributed by atoms with Crippen LogP contribution in [-0.4, -0.2) is 17.8 Å². The molecule has 0 aliphatic carbocycles. The van der Waals surface area contributed by atoms with Crippen molar-refractivity contribution in [2.24, 2.45) is 0 Å². The van der Waals surface area contributed by atoms with Gasteiger partial charge in [0.2, 0.25) is 0 Å². The van der Waals surface area contributed by atoms with Gasteiger partial charge in [-0.1, -0.05) is 44.2 Å². The molecule has 88 valence electrons. The first-order chi connectivity index (χ1) is 7.65. The van der Waals surface area contributed by atoms with Crippen LogP contribution >= 0.6 is 11.8 Å². The molecule has 0 heterocycles. The van der Waals surface area contributed by atoms with Crippen LogP contribution in [0.2, 0.25) is 0 Å². The van der Waals surface area contributed by atoms with E-state index in [9.17, 15) is 4.79 Å². The molecule has 0 amide bonds. The Morgan fingerprint density at radius 3 is 2.44 bits per heavy atom. The highest BCUT2D eigenvalue weighted by Crippen LogP contribution is 2.33. The summed E-state index contributed by atoms with van der Waals surface area (Å²) < 4.78 is 5.10. The van der Waals surface area contributed by atoms with Crippen LogP contribution in [0.25, 0.3) is 0 Å². The molecule has 1 aromatic rings. The second-order valence-corrected chi connectivity index (χ2v) is 5.41. The van der Waals surface area contributed by atoms with E-state index < -0.39 is 0 Å². The number of carbonyl (C=O) groups excluding carboxylic acids is 1. The SMILES string of the molecule is CCOC(=O)C(SC(C)C)c1ccccc1. The van der Waals surface area contributed by atoms with Crippen molar-refractivity contribution in [3.8, 4) is 0 Å². The van der Waals surface area contributed by atoms with Gasteiger partial charge in [-0.3, -0.25) is 4.79 Å². The summed E-state index contributed by atoms with van der Waals surface area (Å²) in [6, 6.07) is 9.78. The Bertz CT molecular complexity index is 322. The third kappa shape index (κ3) is 3.89. The standard InChI is InChI=1S/C13H18O2S/c1-4-15-13(14)12(16-10(2)3)11-8-6-5-7-9-11/h5-10,12H,4H2,1-3H3. The number of ether oxygens (including phenoxy) is 1. The molecule has 0 radical (unpaired) electrons. The molecule has 0 aromatic heterocycles. The van der Waals surface area contributed by atoms with E-state index in [1.807, 2.05) is 37.3 Å². The first-order valence-electron chi connectivity index (χ1n) is 5.52. The smallest absolute Gasteiger partial charge is 0.323 e. The van der Waals surface area contributed by atoms with Crippen molar-refractivity contribution in [1.29, 1.82) is 0 Å². The third-order valence-electron chi connectivity index (χ3n) is 2.01. The van der Waals surface area contributed by atoms with Gasteiger partial charge in [-0.15, -0.1) is 11.8 Å². The average Bonchev–Trinajstić information content (AvgIpc) is 2.27. The van der Waals surface area contributed by atoms with Gasteiger partial charge in [0.05, 0.1) is 6.61 Å². The average molecular weight is 238 g/mol. The van der Waals surface area contributed by atoms with E-state index in [2.05, 4.69) is 13.8 Å². The molecular formula is C13H18O2S. The molecule has 16 heavy (non-hydrogen) atoms. The number of hydrogen-bond acceptors (Lipinski definition) is 3. The van der Waals surface area contributed by atoms with E-state index in [1.54, 1.807) is 11.8 Å². The lowest BCUT2D eigenvalue weighted by atomic mass is 10.1. The fraction of sp³-hybridized carbons (Fsp3) is 0.462. The van der Waals surface area contributed by atoms with Gasteiger partial charge in [0.25, 0.3) is 0 Å². The Morgan fingerprint density at radius 1 is 1.31 bits per heavy atom. The van der Waals surface area contributed by atoms with Gasteiger partial charge in [-0.2, -0.15) is 0 Å². The Labute approximate surface area is 101 Å². The normalized spacial score (nSPS) is 12.5. The summed E-state index contributed by atoms with van der Waals surface area (Å²) in [5, 5.41) is 0.191. The molecule has 0 aliphatic heterocycles. The highest BCUT2D eigenvalue weighted by molar-refractivity contribution is 8.00. The van der Waals surface area contributed by atoms with Crippen LogP contribution in [0.5, 0.6) is 0 Å². The predicted molar refractivity (Wildman–Crippen MR) is 68.5 cm³/mol. The molecule has 0 aliphatic rings. The molecule has 3 heteroatoms. The van der Waals surface area contributed by atoms with Crippen LogP contribution in [0.3, 0.4) is 0 Å². The molecule has 2 nitrogen and oxygen atoms in total. The van der Waals surface area contributed by atoms with Gasteiger partial charge in [0, 0.05) is 5.25 Å². The van der Waals surface area contributed by atoms with Crippen LogP contribution in [0.15, 0.2) is 30.3 Å². The Kier molecular flexibility index (Phi) is 5.39. The van der Waals surface area contributed by atoms with Crippen molar-refractivity contribution in [2.45, 2.75) is 31.3 Å². The summed E-state index contributed by atoms with van der Waals surface area (Å²) in [7, 11) is 0. The quantitative estimate of drug-likeness (QED) is 0.735. The van der Waals surface area contributed by atoms with Crippen LogP contribution < -0.4 is 0 Å². The van der Waals surface area contributed by atoms with Gasteiger partial charge in [-0.25, -0.2) is 0 Å². The molecule has 1 aromatic carbocycles. The van der Waals surface area contributed by atoms with Crippen LogP contribution in [0.1, 0.15) is 31.6 Å². The second kappa shape index (κ2) is 6.59. The van der Waals surface area contributed by atoms with Gasteiger partial charge in [-0.05, 0) is 12.5 Å². The molecule has 1 unspecified atom stereocenters. The van der Waals surface area contributed by atoms with Crippen LogP contribution in [0, 0.1) is 0 Å². The lowest BCUT2D eigenvalue weighted by molar-refractivity contribution is -0.142. The third-order valence-corrected chi connectivity index (χ3v) is 3.29. The Hall–Kier alpha value is -0.960. The van der Waals surface area contributed by atoms with E-state index in [-0.39, 0.29) is 11.2 Å². The van der Waals surface area contributed by atoms with Crippen LogP contribution in [-0.2, 0) is 9.53 Å². The van der Waals surface area contributed by atoms with E-state index in [0.29, 0.717) is 11.9 Å². The van der Waals surface area contributed by atoms with Gasteiger partial charge in [0.15, 0.2) is 0 Å². The maximum Gasteiger partial charge on any atom is 0.323 e. The molecule has 0 saturated heterocycles. The number of hydrogen-bond donors (Lipinski definition) is 0. The van der Waals surface area contributed by atoms with Crippen molar-refractivity contribution >= 4 is 17.7 Å². The Morgan fingerprint density at radius 2 is 1.94 bits per heavy atom. The first-order valence-corrected chi connectivity index (χ1v) is 6.46. The largest absolute Gasteiger partial charge is 0.465 e. The van der Waals surface area contributed by atoms with Crippen molar-refractivity contribution in [3.05, 3.63) is 35.9 Å². The predicted octanol–water partition coefficient (Wildman–Crippen LogP) is 3.43. The van der Waals surface area contributed by atoms with E-state index in [0.717, 1.165) is 5.56 Å². The van der Waals surface area contributed by atoms with Gasteiger partial charge < -0.3 is 4.74 Å². The van der Waals surface area contributed by atoms with Crippen molar-refractivity contribution in [1.82, 2.24) is 0 Å². The van der Waals surface area contributed by atoms with Crippen molar-refractivity contribution in [3.63, 3.8) is 0 Å². The molecule has 0 N–H and O–H groups in total. The number of thioether (sulfide) groups is 1. The lowest BCUT2D eigenvalue weighted by Crippen LogP contribution is -2.15. The van der Waals surface area contributed by atoms with E-state index in [1.165, 1.54) is 0 Å². The zero-order valence-corrected chi connectivity index (χ0v) is 10.8. The summed E-state index contributed by atoms with van der Waals surface area (Å²) in [5.74, 6) is -0.146. The second-order valence-electron chi connectivity index (χ2n) is 3.73. The first kappa shape index (κ1) is 13.1. The lowest BCUT2D eigenvalue weighted by Gasteiger charge is -2.17. The van der Waals surface area contributed by atoms with Gasteiger partial charge in [0.1, 0.15) is 5.25 Å². The Balaban J connectivity index is 2.83. The maximum atomic E-state index is 11.8. The monoisotopic (exact) mass is 238 g/mol. The minimum atomic E-state index is -0.207. The molecule has 0 spiro atoms. The zero-order valence-electron chi connectivity index (χ0n) is 9.97. The molecule has 0 bridgehead atoms. The molecule has 1 rings (SSSR count). The molecule has 0 fully saturated rings. The number of rotatable bonds is 5. The topological polar surface area (TPSA) is 26.3 Å². The number of esters is 1. The fourth-order valence-electron chi connectivity index (χ4n) is 1.39. The maximum absolute atomic E-state index is 11.8. The fourth-order valence-corrected chi connectivity index (χ4v) is 2.43. The number of benzene rings is 1. The molecule has 0 saturated carbocycles. The minimum absolute atomic E-state index is 0.146.